The second-order valence-corrected chi connectivity index (χ2v) is 18.3. The summed E-state index contributed by atoms with van der Waals surface area (Å²) in [4.78, 5) is 7.64. The van der Waals surface area contributed by atoms with Crippen LogP contribution in [-0.4, -0.2) is 0 Å². The van der Waals surface area contributed by atoms with E-state index in [1.54, 1.807) is 0 Å². The number of nitrogens with zero attached hydrogens (tertiary/aromatic N) is 1. The van der Waals surface area contributed by atoms with Gasteiger partial charge >= 0.3 is 0 Å². The van der Waals surface area contributed by atoms with Gasteiger partial charge in [-0.3, -0.25) is 0 Å². The van der Waals surface area contributed by atoms with Gasteiger partial charge in [0.15, 0.2) is 0 Å². The van der Waals surface area contributed by atoms with Crippen LogP contribution in [0, 0.1) is 0 Å². The highest BCUT2D eigenvalue weighted by molar-refractivity contribution is 8.34. The molecular formula is C54H39NS2. The molecule has 1 aromatic heterocycles. The number of fused-ring (bicyclic) bond motifs is 3. The largest absolute Gasteiger partial charge is 0.310 e. The van der Waals surface area contributed by atoms with E-state index in [2.05, 4.69) is 241 Å². The zero-order valence-corrected chi connectivity index (χ0v) is 32.9. The molecule has 0 aliphatic carbocycles. The Bertz CT molecular complexity index is 2810. The third-order valence-corrected chi connectivity index (χ3v) is 15.8. The van der Waals surface area contributed by atoms with E-state index < -0.39 is 10.0 Å². The summed E-state index contributed by atoms with van der Waals surface area (Å²) in [5.74, 6) is 0. The van der Waals surface area contributed by atoms with Gasteiger partial charge in [-0.15, -0.1) is 21.4 Å². The van der Waals surface area contributed by atoms with Gasteiger partial charge in [-0.2, -0.15) is 0 Å². The molecule has 0 aliphatic rings. The second-order valence-electron chi connectivity index (χ2n) is 14.2. The van der Waals surface area contributed by atoms with Crippen LogP contribution in [0.4, 0.5) is 17.1 Å². The van der Waals surface area contributed by atoms with Crippen LogP contribution in [0.25, 0.3) is 42.4 Å². The Morgan fingerprint density at radius 1 is 0.281 bits per heavy atom. The SMILES string of the molecule is c1ccc(-c2ccc(N(c3ccc(S(c4ccccc4)(c4ccccc4)c4ccccc4)cc3)c3ccc4c(c3)sc3cc(-c5ccccc5)ccc34)cc2)cc1. The molecule has 1 nitrogen and oxygen atoms in total. The van der Waals surface area contributed by atoms with Crippen molar-refractivity contribution in [1.82, 2.24) is 0 Å². The van der Waals surface area contributed by atoms with E-state index in [0.717, 1.165) is 17.1 Å². The maximum absolute atomic E-state index is 2.41. The Kier molecular flexibility index (Phi) is 9.23. The Labute approximate surface area is 340 Å². The molecule has 0 N–H and O–H groups in total. The lowest BCUT2D eigenvalue weighted by Gasteiger charge is -2.42. The molecule has 57 heavy (non-hydrogen) atoms. The fourth-order valence-electron chi connectivity index (χ4n) is 8.09. The Balaban J connectivity index is 1.12. The van der Waals surface area contributed by atoms with E-state index in [1.165, 1.54) is 62.0 Å². The smallest absolute Gasteiger partial charge is 0.0476 e. The summed E-state index contributed by atoms with van der Waals surface area (Å²) in [5.41, 5.74) is 8.25. The van der Waals surface area contributed by atoms with Crippen LogP contribution >= 0.6 is 21.4 Å². The van der Waals surface area contributed by atoms with E-state index in [0.29, 0.717) is 0 Å². The molecule has 3 heteroatoms. The zero-order chi connectivity index (χ0) is 38.0. The third kappa shape index (κ3) is 6.41. The number of anilines is 3. The van der Waals surface area contributed by atoms with Crippen molar-refractivity contribution < 1.29 is 0 Å². The van der Waals surface area contributed by atoms with Crippen molar-refractivity contribution >= 4 is 58.6 Å². The first-order valence-corrected chi connectivity index (χ1v) is 21.8. The van der Waals surface area contributed by atoms with Crippen LogP contribution in [0.1, 0.15) is 0 Å². The molecule has 0 atom stereocenters. The summed E-state index contributed by atoms with van der Waals surface area (Å²) in [7, 11) is -1.80. The molecule has 272 valence electrons. The van der Waals surface area contributed by atoms with Crippen LogP contribution in [0.15, 0.2) is 256 Å². The maximum atomic E-state index is 2.41. The van der Waals surface area contributed by atoms with Crippen molar-refractivity contribution in [3.63, 3.8) is 0 Å². The molecule has 10 rings (SSSR count). The van der Waals surface area contributed by atoms with Gasteiger partial charge in [0.2, 0.25) is 0 Å². The van der Waals surface area contributed by atoms with Gasteiger partial charge in [0.25, 0.3) is 0 Å². The van der Waals surface area contributed by atoms with Gasteiger partial charge in [-0.1, -0.05) is 146 Å². The van der Waals surface area contributed by atoms with Crippen molar-refractivity contribution in [3.8, 4) is 22.3 Å². The Morgan fingerprint density at radius 3 is 1.14 bits per heavy atom. The molecule has 0 fully saturated rings. The minimum absolute atomic E-state index is 1.11. The lowest BCUT2D eigenvalue weighted by molar-refractivity contribution is 1.23. The van der Waals surface area contributed by atoms with E-state index in [9.17, 15) is 0 Å². The van der Waals surface area contributed by atoms with Gasteiger partial charge in [0.05, 0.1) is 0 Å². The maximum Gasteiger partial charge on any atom is 0.0476 e. The minimum atomic E-state index is -1.80. The molecule has 10 aromatic rings. The number of hydrogen-bond donors (Lipinski definition) is 0. The zero-order valence-electron chi connectivity index (χ0n) is 31.3. The molecule has 0 saturated carbocycles. The normalized spacial score (nSPS) is 11.8. The van der Waals surface area contributed by atoms with E-state index >= 15 is 0 Å². The van der Waals surface area contributed by atoms with Crippen LogP contribution in [0.2, 0.25) is 0 Å². The first kappa shape index (κ1) is 34.8. The number of rotatable bonds is 9. The molecule has 0 unspecified atom stereocenters. The fraction of sp³-hybridized carbons (Fsp3) is 0. The van der Waals surface area contributed by atoms with E-state index in [4.69, 9.17) is 0 Å². The topological polar surface area (TPSA) is 3.24 Å². The highest BCUT2D eigenvalue weighted by Gasteiger charge is 2.33. The summed E-state index contributed by atoms with van der Waals surface area (Å²) < 4.78 is 2.57. The quantitative estimate of drug-likeness (QED) is 0.141. The lowest BCUT2D eigenvalue weighted by Crippen LogP contribution is -2.10. The molecule has 0 spiro atoms. The monoisotopic (exact) mass is 765 g/mol. The first-order valence-electron chi connectivity index (χ1n) is 19.3. The Morgan fingerprint density at radius 2 is 0.632 bits per heavy atom. The number of hydrogen-bond acceptors (Lipinski definition) is 2. The number of benzene rings is 9. The molecule has 0 aliphatic heterocycles. The van der Waals surface area contributed by atoms with Gasteiger partial charge < -0.3 is 4.90 Å². The van der Waals surface area contributed by atoms with Gasteiger partial charge in [0, 0.05) is 56.8 Å². The minimum Gasteiger partial charge on any atom is -0.310 e. The molecule has 0 saturated heterocycles. The van der Waals surface area contributed by atoms with E-state index in [1.807, 2.05) is 11.3 Å². The summed E-state index contributed by atoms with van der Waals surface area (Å²) in [5, 5.41) is 2.58. The van der Waals surface area contributed by atoms with E-state index in [-0.39, 0.29) is 0 Å². The predicted molar refractivity (Wildman–Crippen MR) is 245 cm³/mol. The highest BCUT2D eigenvalue weighted by Crippen LogP contribution is 2.73. The van der Waals surface area contributed by atoms with Crippen LogP contribution in [0.5, 0.6) is 0 Å². The third-order valence-electron chi connectivity index (χ3n) is 10.8. The molecule has 1 heterocycles. The first-order chi connectivity index (χ1) is 28.3. The summed E-state index contributed by atoms with van der Waals surface area (Å²) in [6.07, 6.45) is 0. The second kappa shape index (κ2) is 15.1. The van der Waals surface area contributed by atoms with Crippen LogP contribution in [0.3, 0.4) is 0 Å². The summed E-state index contributed by atoms with van der Waals surface area (Å²) >= 11 is 1.87. The lowest BCUT2D eigenvalue weighted by atomic mass is 10.0. The fourth-order valence-corrected chi connectivity index (χ4v) is 13.1. The summed E-state index contributed by atoms with van der Waals surface area (Å²) in [6, 6.07) is 86.6. The van der Waals surface area contributed by atoms with Gasteiger partial charge in [0.1, 0.15) is 0 Å². The Hall–Kier alpha value is -6.65. The van der Waals surface area contributed by atoms with Crippen molar-refractivity contribution in [2.45, 2.75) is 19.6 Å². The highest BCUT2D eigenvalue weighted by atomic mass is 32.3. The van der Waals surface area contributed by atoms with Crippen molar-refractivity contribution in [2.75, 3.05) is 4.90 Å². The van der Waals surface area contributed by atoms with Crippen molar-refractivity contribution in [1.29, 1.82) is 0 Å². The molecule has 0 radical (unpaired) electrons. The van der Waals surface area contributed by atoms with Gasteiger partial charge in [-0.25, -0.2) is 0 Å². The molecule has 0 bridgehead atoms. The predicted octanol–water partition coefficient (Wildman–Crippen LogP) is 16.2. The molecule has 9 aromatic carbocycles. The number of thiophene rings is 1. The average molecular weight is 766 g/mol. The van der Waals surface area contributed by atoms with Crippen molar-refractivity contribution in [3.05, 3.63) is 237 Å². The van der Waals surface area contributed by atoms with Crippen LogP contribution < -0.4 is 4.90 Å². The van der Waals surface area contributed by atoms with Crippen molar-refractivity contribution in [2.24, 2.45) is 0 Å². The van der Waals surface area contributed by atoms with Gasteiger partial charge in [-0.05, 0) is 113 Å². The average Bonchev–Trinajstić information content (AvgIpc) is 3.66. The molecule has 0 amide bonds. The molecular weight excluding hydrogens is 727 g/mol. The summed E-state index contributed by atoms with van der Waals surface area (Å²) in [6.45, 7) is 0. The standard InChI is InChI=1S/C54H39NS2/c1-6-16-40(17-7-1)42-26-29-44(30-27-42)55(46-33-37-52-51-36-28-43(41-18-8-2-9-19-41)38-53(51)56-54(52)39-46)45-31-34-50(35-32-45)57(47-20-10-3-11-21-47,48-22-12-4-13-23-48)49-24-14-5-15-25-49/h1-39H. The van der Waals surface area contributed by atoms with Crippen LogP contribution in [-0.2, 0) is 0 Å².